The second-order valence-corrected chi connectivity index (χ2v) is 16.7. The van der Waals surface area contributed by atoms with Gasteiger partial charge >= 0.3 is 17.9 Å². The van der Waals surface area contributed by atoms with E-state index in [-0.39, 0.29) is 50.2 Å². The maximum atomic E-state index is 13.3. The summed E-state index contributed by atoms with van der Waals surface area (Å²) < 4.78 is 48.3. The smallest absolute Gasteiger partial charge is 0.309 e. The molecule has 322 valence electrons. The average Bonchev–Trinajstić information content (AvgIpc) is 3.06. The number of esters is 3. The number of aliphatic hydroxyl groups is 2. The highest BCUT2D eigenvalue weighted by Crippen LogP contribution is 2.38. The van der Waals surface area contributed by atoms with Gasteiger partial charge in [0.1, 0.15) is 42.1 Å². The molecule has 2 N–H and O–H groups in total. The van der Waals surface area contributed by atoms with Gasteiger partial charge in [0.25, 0.3) is 0 Å². The maximum Gasteiger partial charge on any atom is 0.309 e. The molecule has 0 radical (unpaired) electrons. The molecule has 0 amide bonds. The number of methoxy groups -OCH3 is 1. The zero-order valence-electron chi connectivity index (χ0n) is 35.0. The van der Waals surface area contributed by atoms with Crippen molar-refractivity contribution in [2.75, 3.05) is 21.2 Å². The van der Waals surface area contributed by atoms with Crippen molar-refractivity contribution in [1.82, 2.24) is 4.90 Å². The SMILES string of the molecule is CO[C@@H]1C(O[C@@H]2O[C@H](C)[C@@H](O[C@H]3C[C@@](C)(O)[C@@H](OC(=O)CC(C)C)[C@H](C)O3)[C@H](N(C)C)[C@H]2O)[C@@H](CC=O)C[C@@H](C)C(=O)CCC[C@@H](C)OC(=O)C[C@H]1OC(C)=O. The first-order chi connectivity index (χ1) is 26.2. The number of nitrogens with zero attached hydrogens (tertiary/aromatic N) is 1. The fraction of sp³-hybridized carbons (Fsp3) is 0.875. The summed E-state index contributed by atoms with van der Waals surface area (Å²) in [7, 11) is 4.84. The fourth-order valence-corrected chi connectivity index (χ4v) is 8.15. The molecule has 0 aromatic rings. The van der Waals surface area contributed by atoms with E-state index in [1.54, 1.807) is 53.6 Å². The Morgan fingerprint density at radius 2 is 1.70 bits per heavy atom. The van der Waals surface area contributed by atoms with Crippen molar-refractivity contribution in [2.45, 2.75) is 186 Å². The molecule has 56 heavy (non-hydrogen) atoms. The first-order valence-corrected chi connectivity index (χ1v) is 19.9. The minimum absolute atomic E-state index is 0.0331. The molecule has 16 nitrogen and oxygen atoms in total. The Hall–Kier alpha value is -2.57. The Morgan fingerprint density at radius 3 is 2.27 bits per heavy atom. The van der Waals surface area contributed by atoms with Gasteiger partial charge in [0.05, 0.1) is 36.9 Å². The molecule has 15 atom stereocenters. The molecular weight excluding hydrogens is 734 g/mol. The number of cyclic esters (lactones) is 1. The summed E-state index contributed by atoms with van der Waals surface area (Å²) in [4.78, 5) is 65.2. The number of rotatable bonds is 12. The lowest BCUT2D eigenvalue weighted by Gasteiger charge is -2.50. The number of likely N-dealkylation sites (N-methyl/N-ethyl adjacent to an activating group) is 1. The minimum atomic E-state index is -1.50. The van der Waals surface area contributed by atoms with Gasteiger partial charge < -0.3 is 57.8 Å². The van der Waals surface area contributed by atoms with Crippen LogP contribution in [-0.2, 0) is 61.9 Å². The predicted molar refractivity (Wildman–Crippen MR) is 200 cm³/mol. The fourth-order valence-electron chi connectivity index (χ4n) is 8.15. The van der Waals surface area contributed by atoms with Gasteiger partial charge in [-0.15, -0.1) is 0 Å². The number of carbonyl (C=O) groups is 5. The van der Waals surface area contributed by atoms with Gasteiger partial charge in [-0.1, -0.05) is 20.8 Å². The van der Waals surface area contributed by atoms with E-state index >= 15 is 0 Å². The van der Waals surface area contributed by atoms with Crippen molar-refractivity contribution in [3.8, 4) is 0 Å². The van der Waals surface area contributed by atoms with Gasteiger partial charge in [-0.05, 0) is 72.9 Å². The molecule has 0 bridgehead atoms. The van der Waals surface area contributed by atoms with Crippen LogP contribution in [0.25, 0.3) is 0 Å². The van der Waals surface area contributed by atoms with E-state index < -0.39 is 109 Å². The highest BCUT2D eigenvalue weighted by Gasteiger charge is 2.53. The summed E-state index contributed by atoms with van der Waals surface area (Å²) in [6.07, 6.45) is -9.21. The van der Waals surface area contributed by atoms with Gasteiger partial charge in [0.2, 0.25) is 0 Å². The molecule has 3 fully saturated rings. The van der Waals surface area contributed by atoms with Crippen LogP contribution in [-0.4, -0.2) is 145 Å². The van der Waals surface area contributed by atoms with Crippen molar-refractivity contribution >= 4 is 30.0 Å². The highest BCUT2D eigenvalue weighted by molar-refractivity contribution is 5.80. The van der Waals surface area contributed by atoms with Crippen LogP contribution in [0.4, 0.5) is 0 Å². The van der Waals surface area contributed by atoms with Crippen LogP contribution in [0.5, 0.6) is 0 Å². The molecular formula is C40H67NO15. The summed E-state index contributed by atoms with van der Waals surface area (Å²) >= 11 is 0. The lowest BCUT2D eigenvalue weighted by molar-refractivity contribution is -0.344. The molecule has 0 aromatic carbocycles. The maximum absolute atomic E-state index is 13.3. The standard InChI is InChI=1S/C40H67NO15/c1-21(2)17-30(45)54-38-25(6)51-32(20-40(38,8)48)55-35-24(5)52-39(34(47)33(35)41(9)10)56-36-27(15-16-42)18-22(3)28(44)14-12-13-23(4)50-31(46)19-29(37(36)49-11)53-26(7)43/h16,21-25,27,29,32-39,47-48H,12-15,17-20H2,1-11H3/t22-,23-,24-,25+,27+,29-,32+,33-,34-,35-,36?,37+,38+,39+,40-/m1/s1. The van der Waals surface area contributed by atoms with Crippen molar-refractivity contribution in [1.29, 1.82) is 0 Å². The van der Waals surface area contributed by atoms with Crippen molar-refractivity contribution < 1.29 is 72.1 Å². The van der Waals surface area contributed by atoms with Crippen molar-refractivity contribution in [2.24, 2.45) is 17.8 Å². The molecule has 16 heteroatoms. The zero-order valence-corrected chi connectivity index (χ0v) is 35.0. The summed E-state index contributed by atoms with van der Waals surface area (Å²) in [5.41, 5.74) is -1.50. The van der Waals surface area contributed by atoms with Gasteiger partial charge in [0, 0.05) is 45.6 Å². The van der Waals surface area contributed by atoms with Gasteiger partial charge in [0.15, 0.2) is 18.7 Å². The first kappa shape index (κ1) is 47.8. The molecule has 0 aromatic heterocycles. The van der Waals surface area contributed by atoms with E-state index in [2.05, 4.69) is 0 Å². The third kappa shape index (κ3) is 13.2. The number of aliphatic hydroxyl groups excluding tert-OH is 1. The average molecular weight is 802 g/mol. The topological polar surface area (TPSA) is 203 Å². The van der Waals surface area contributed by atoms with Crippen LogP contribution < -0.4 is 0 Å². The van der Waals surface area contributed by atoms with Crippen LogP contribution in [0.3, 0.4) is 0 Å². The number of aldehydes is 1. The molecule has 0 spiro atoms. The lowest BCUT2D eigenvalue weighted by atomic mass is 9.82. The summed E-state index contributed by atoms with van der Waals surface area (Å²) in [5, 5.41) is 23.4. The first-order valence-electron chi connectivity index (χ1n) is 19.9. The largest absolute Gasteiger partial charge is 0.463 e. The Bertz CT molecular complexity index is 1310. The third-order valence-corrected chi connectivity index (χ3v) is 10.9. The number of Topliss-reactive ketones (excluding diaryl/α,β-unsaturated/α-hetero) is 1. The van der Waals surface area contributed by atoms with E-state index in [4.69, 9.17) is 37.9 Å². The van der Waals surface area contributed by atoms with Gasteiger partial charge in [-0.2, -0.15) is 0 Å². The molecule has 3 heterocycles. The molecule has 3 aliphatic rings. The van der Waals surface area contributed by atoms with Crippen LogP contribution >= 0.6 is 0 Å². The van der Waals surface area contributed by atoms with E-state index in [0.29, 0.717) is 19.1 Å². The molecule has 3 aliphatic heterocycles. The molecule has 0 saturated carbocycles. The summed E-state index contributed by atoms with van der Waals surface area (Å²) in [5.74, 6) is -2.94. The Balaban J connectivity index is 1.95. The normalized spacial score (nSPS) is 39.4. The van der Waals surface area contributed by atoms with E-state index in [0.717, 1.165) is 0 Å². The van der Waals surface area contributed by atoms with E-state index in [1.165, 1.54) is 14.0 Å². The molecule has 1 unspecified atom stereocenters. The van der Waals surface area contributed by atoms with Crippen LogP contribution in [0.15, 0.2) is 0 Å². The highest BCUT2D eigenvalue weighted by atomic mass is 16.7. The molecule has 3 rings (SSSR count). The molecule has 0 aliphatic carbocycles. The van der Waals surface area contributed by atoms with Crippen LogP contribution in [0.2, 0.25) is 0 Å². The Labute approximate surface area is 331 Å². The summed E-state index contributed by atoms with van der Waals surface area (Å²) in [6, 6.07) is -0.778. The quantitative estimate of drug-likeness (QED) is 0.166. The minimum Gasteiger partial charge on any atom is -0.463 e. The van der Waals surface area contributed by atoms with Crippen LogP contribution in [0, 0.1) is 17.8 Å². The van der Waals surface area contributed by atoms with Crippen LogP contribution in [0.1, 0.15) is 107 Å². The van der Waals surface area contributed by atoms with E-state index in [1.807, 2.05) is 13.8 Å². The van der Waals surface area contributed by atoms with Gasteiger partial charge in [-0.3, -0.25) is 19.2 Å². The van der Waals surface area contributed by atoms with Crippen molar-refractivity contribution in [3.05, 3.63) is 0 Å². The second kappa shape index (κ2) is 21.4. The summed E-state index contributed by atoms with van der Waals surface area (Å²) in [6.45, 7) is 13.5. The van der Waals surface area contributed by atoms with E-state index in [9.17, 15) is 34.2 Å². The van der Waals surface area contributed by atoms with Crippen molar-refractivity contribution in [3.63, 3.8) is 0 Å². The Morgan fingerprint density at radius 1 is 1.02 bits per heavy atom. The Kier molecular flexibility index (Phi) is 18.3. The monoisotopic (exact) mass is 801 g/mol. The lowest BCUT2D eigenvalue weighted by Crippen LogP contribution is -2.66. The zero-order chi connectivity index (χ0) is 42.1. The number of ether oxygens (including phenoxy) is 8. The second-order valence-electron chi connectivity index (χ2n) is 16.7. The van der Waals surface area contributed by atoms with Gasteiger partial charge in [-0.25, -0.2) is 0 Å². The molecule has 3 saturated heterocycles. The number of ketones is 1. The number of carbonyl (C=O) groups excluding carboxylic acids is 5. The third-order valence-electron chi connectivity index (χ3n) is 10.9. The number of hydrogen-bond acceptors (Lipinski definition) is 16. The predicted octanol–water partition coefficient (Wildman–Crippen LogP) is 2.89. The number of hydrogen-bond donors (Lipinski definition) is 2.